The Morgan fingerprint density at radius 2 is 1.60 bits per heavy atom. The quantitative estimate of drug-likeness (QED) is 0.240. The second kappa shape index (κ2) is 8.84. The number of nitrogens with zero attached hydrogens (tertiary/aromatic N) is 3. The minimum atomic E-state index is -0.812. The van der Waals surface area contributed by atoms with E-state index in [0.29, 0.717) is 22.6 Å². The molecule has 0 radical (unpaired) electrons. The number of amides is 4. The van der Waals surface area contributed by atoms with Gasteiger partial charge in [-0.15, -0.1) is 0 Å². The summed E-state index contributed by atoms with van der Waals surface area (Å²) in [5.41, 5.74) is 4.31. The maximum atomic E-state index is 13.3. The molecule has 10 heteroatoms. The van der Waals surface area contributed by atoms with Crippen LogP contribution in [0.2, 0.25) is 5.02 Å². The van der Waals surface area contributed by atoms with Crippen LogP contribution in [-0.4, -0.2) is 27.3 Å². The number of aryl methyl sites for hydroxylation is 3. The molecule has 9 nitrogen and oxygen atoms in total. The van der Waals surface area contributed by atoms with Crippen molar-refractivity contribution in [2.75, 3.05) is 4.90 Å². The highest BCUT2D eigenvalue weighted by Gasteiger charge is 2.37. The van der Waals surface area contributed by atoms with Crippen molar-refractivity contribution in [1.82, 2.24) is 9.88 Å². The number of carbonyl (C=O) groups is 3. The predicted octanol–water partition coefficient (Wildman–Crippen LogP) is 4.94. The highest BCUT2D eigenvalue weighted by Crippen LogP contribution is 2.30. The first-order valence-electron chi connectivity index (χ1n) is 10.6. The number of carbonyl (C=O) groups excluding carboxylic acids is 3. The van der Waals surface area contributed by atoms with Crippen molar-refractivity contribution in [3.8, 4) is 5.69 Å². The Hall–Kier alpha value is -4.24. The molecule has 2 heterocycles. The lowest BCUT2D eigenvalue weighted by atomic mass is 10.1. The number of halogens is 1. The fourth-order valence-electron chi connectivity index (χ4n) is 4.24. The Balaban J connectivity index is 1.77. The summed E-state index contributed by atoms with van der Waals surface area (Å²) in [5, 5.41) is 13.3. The average Bonchev–Trinajstić information content (AvgIpc) is 3.02. The van der Waals surface area contributed by atoms with Gasteiger partial charge in [0.05, 0.1) is 10.6 Å². The standard InChI is InChI=1S/C25H21ClN4O5/c1-13-7-14(2)9-19(8-13)29-24(32)20(23(31)27-25(29)33)11-17-10-15(3)28(16(17)4)18-5-6-22(30(34)35)21(26)12-18/h5-12H,1-4H3,(H,27,31,33)/b20-11+. The maximum Gasteiger partial charge on any atom is 0.335 e. The normalized spacial score (nSPS) is 15.1. The Labute approximate surface area is 205 Å². The Morgan fingerprint density at radius 3 is 2.20 bits per heavy atom. The minimum absolute atomic E-state index is 0.00987. The molecule has 4 rings (SSSR count). The number of hydrogen-bond acceptors (Lipinski definition) is 5. The van der Waals surface area contributed by atoms with E-state index in [0.717, 1.165) is 21.7 Å². The number of aromatic nitrogens is 1. The van der Waals surface area contributed by atoms with Gasteiger partial charge in [0.25, 0.3) is 17.5 Å². The van der Waals surface area contributed by atoms with E-state index < -0.39 is 22.8 Å². The molecule has 35 heavy (non-hydrogen) atoms. The second-order valence-electron chi connectivity index (χ2n) is 8.36. The van der Waals surface area contributed by atoms with Crippen molar-refractivity contribution < 1.29 is 19.3 Å². The van der Waals surface area contributed by atoms with Crippen molar-refractivity contribution >= 4 is 46.9 Å². The lowest BCUT2D eigenvalue weighted by Gasteiger charge is -2.27. The number of barbiturate groups is 1. The molecule has 1 N–H and O–H groups in total. The Morgan fingerprint density at radius 1 is 0.943 bits per heavy atom. The molecule has 0 aliphatic carbocycles. The average molecular weight is 493 g/mol. The first-order valence-corrected chi connectivity index (χ1v) is 11.0. The van der Waals surface area contributed by atoms with Gasteiger partial charge in [-0.25, -0.2) is 9.69 Å². The number of nitro benzene ring substituents is 1. The summed E-state index contributed by atoms with van der Waals surface area (Å²) in [6, 6.07) is 10.6. The van der Waals surface area contributed by atoms with Gasteiger partial charge in [-0.2, -0.15) is 0 Å². The monoisotopic (exact) mass is 492 g/mol. The van der Waals surface area contributed by atoms with Gasteiger partial charge in [-0.3, -0.25) is 25.0 Å². The maximum absolute atomic E-state index is 13.3. The van der Waals surface area contributed by atoms with E-state index in [1.807, 2.05) is 26.8 Å². The number of nitro groups is 1. The molecule has 1 aliphatic heterocycles. The van der Waals surface area contributed by atoms with Gasteiger partial charge in [0, 0.05) is 23.1 Å². The number of rotatable bonds is 4. The van der Waals surface area contributed by atoms with Crippen LogP contribution in [0.5, 0.6) is 0 Å². The molecule has 3 aromatic rings. The van der Waals surface area contributed by atoms with Crippen molar-refractivity contribution in [3.05, 3.63) is 91.3 Å². The first kappa shape index (κ1) is 23.9. The second-order valence-corrected chi connectivity index (χ2v) is 8.77. The van der Waals surface area contributed by atoms with Crippen molar-refractivity contribution in [2.45, 2.75) is 27.7 Å². The number of anilines is 1. The molecule has 0 unspecified atom stereocenters. The van der Waals surface area contributed by atoms with Gasteiger partial charge in [0.2, 0.25) is 0 Å². The molecule has 1 fully saturated rings. The topological polar surface area (TPSA) is 115 Å². The Kier molecular flexibility index (Phi) is 6.04. The highest BCUT2D eigenvalue weighted by atomic mass is 35.5. The van der Waals surface area contributed by atoms with Gasteiger partial charge in [0.15, 0.2) is 0 Å². The lowest BCUT2D eigenvalue weighted by molar-refractivity contribution is -0.384. The summed E-state index contributed by atoms with van der Waals surface area (Å²) in [7, 11) is 0. The molecular weight excluding hydrogens is 472 g/mol. The number of urea groups is 1. The molecule has 1 aliphatic rings. The summed E-state index contributed by atoms with van der Waals surface area (Å²) in [4.78, 5) is 49.9. The molecule has 1 aromatic heterocycles. The molecule has 0 spiro atoms. The molecule has 0 saturated carbocycles. The molecule has 0 bridgehead atoms. The van der Waals surface area contributed by atoms with Gasteiger partial charge >= 0.3 is 6.03 Å². The van der Waals surface area contributed by atoms with Crippen molar-refractivity contribution in [3.63, 3.8) is 0 Å². The summed E-state index contributed by atoms with van der Waals surface area (Å²) in [6.45, 7) is 7.30. The van der Waals surface area contributed by atoms with E-state index >= 15 is 0 Å². The van der Waals surface area contributed by atoms with Crippen molar-refractivity contribution in [2.24, 2.45) is 0 Å². The summed E-state index contributed by atoms with van der Waals surface area (Å²) < 4.78 is 1.81. The summed E-state index contributed by atoms with van der Waals surface area (Å²) >= 11 is 6.09. The van der Waals surface area contributed by atoms with E-state index in [-0.39, 0.29) is 16.3 Å². The van der Waals surface area contributed by atoms with Gasteiger partial charge in [-0.1, -0.05) is 17.7 Å². The largest absolute Gasteiger partial charge is 0.335 e. The van der Waals surface area contributed by atoms with E-state index in [1.165, 1.54) is 18.2 Å². The van der Waals surface area contributed by atoms with Gasteiger partial charge in [-0.05, 0) is 80.8 Å². The first-order chi connectivity index (χ1) is 16.5. The smallest absolute Gasteiger partial charge is 0.318 e. The van der Waals surface area contributed by atoms with Gasteiger partial charge in [0.1, 0.15) is 10.6 Å². The predicted molar refractivity (Wildman–Crippen MR) is 132 cm³/mol. The van der Waals surface area contributed by atoms with Crippen LogP contribution in [0.4, 0.5) is 16.2 Å². The number of hydrogen-bond donors (Lipinski definition) is 1. The summed E-state index contributed by atoms with van der Waals surface area (Å²) in [6.07, 6.45) is 1.44. The fraction of sp³-hybridized carbons (Fsp3) is 0.160. The molecule has 1 saturated heterocycles. The van der Waals surface area contributed by atoms with Crippen molar-refractivity contribution in [1.29, 1.82) is 0 Å². The molecule has 178 valence electrons. The molecule has 0 atom stereocenters. The molecule has 2 aromatic carbocycles. The van der Waals surface area contributed by atoms with Crippen LogP contribution in [0.25, 0.3) is 11.8 Å². The zero-order valence-electron chi connectivity index (χ0n) is 19.4. The van der Waals surface area contributed by atoms with E-state index in [1.54, 1.807) is 35.8 Å². The SMILES string of the molecule is Cc1cc(C)cc(N2C(=O)NC(=O)/C(=C\c3cc(C)n(-c4ccc([N+](=O)[O-])c(Cl)c4)c3C)C2=O)c1. The molecule has 4 amide bonds. The number of imide groups is 2. The van der Waals surface area contributed by atoms with E-state index in [2.05, 4.69) is 5.32 Å². The lowest BCUT2D eigenvalue weighted by Crippen LogP contribution is -2.54. The minimum Gasteiger partial charge on any atom is -0.318 e. The zero-order valence-corrected chi connectivity index (χ0v) is 20.1. The third kappa shape index (κ3) is 4.33. The highest BCUT2D eigenvalue weighted by molar-refractivity contribution is 6.39. The Bertz CT molecular complexity index is 1450. The van der Waals surface area contributed by atoms with Crippen LogP contribution < -0.4 is 10.2 Å². The number of benzene rings is 2. The fourth-order valence-corrected chi connectivity index (χ4v) is 4.49. The summed E-state index contributed by atoms with van der Waals surface area (Å²) in [5.74, 6) is -1.52. The third-order valence-electron chi connectivity index (χ3n) is 5.72. The van der Waals surface area contributed by atoms with Crippen LogP contribution in [-0.2, 0) is 9.59 Å². The van der Waals surface area contributed by atoms with Crippen LogP contribution >= 0.6 is 11.6 Å². The number of nitrogens with one attached hydrogen (secondary N) is 1. The van der Waals surface area contributed by atoms with Crippen LogP contribution in [0.3, 0.4) is 0 Å². The van der Waals surface area contributed by atoms with E-state index in [9.17, 15) is 24.5 Å². The van der Waals surface area contributed by atoms with E-state index in [4.69, 9.17) is 11.6 Å². The molecular formula is C25H21ClN4O5. The van der Waals surface area contributed by atoms with Crippen LogP contribution in [0, 0.1) is 37.8 Å². The van der Waals surface area contributed by atoms with Crippen LogP contribution in [0.1, 0.15) is 28.1 Å². The third-order valence-corrected chi connectivity index (χ3v) is 6.03. The van der Waals surface area contributed by atoms with Crippen LogP contribution in [0.15, 0.2) is 48.0 Å². The van der Waals surface area contributed by atoms with Gasteiger partial charge < -0.3 is 4.57 Å². The zero-order chi connectivity index (χ0) is 25.6.